The Kier molecular flexibility index (Phi) is 6.45. The molecule has 162 valence electrons. The van der Waals surface area contributed by atoms with Crippen molar-refractivity contribution in [1.29, 1.82) is 0 Å². The summed E-state index contributed by atoms with van der Waals surface area (Å²) in [4.78, 5) is 13.0. The molecular formula is C22H24N4O3S2. The molecular weight excluding hydrogens is 432 g/mol. The maximum Gasteiger partial charge on any atom is 0.257 e. The first-order valence-corrected chi connectivity index (χ1v) is 12.5. The number of nitrogens with zero attached hydrogens (tertiary/aromatic N) is 3. The predicted molar refractivity (Wildman–Crippen MR) is 121 cm³/mol. The minimum atomic E-state index is -3.62. The van der Waals surface area contributed by atoms with E-state index in [1.807, 2.05) is 30.3 Å². The number of carbonyl (C=O) groups excluding carboxylic acids is 1. The fourth-order valence-corrected chi connectivity index (χ4v) is 6.12. The molecule has 7 nitrogen and oxygen atoms in total. The summed E-state index contributed by atoms with van der Waals surface area (Å²) in [6, 6.07) is 14.7. The summed E-state index contributed by atoms with van der Waals surface area (Å²) in [6.45, 7) is 2.79. The molecule has 1 saturated heterocycles. The van der Waals surface area contributed by atoms with E-state index < -0.39 is 15.9 Å². The van der Waals surface area contributed by atoms with E-state index in [0.29, 0.717) is 30.2 Å². The fourth-order valence-electron chi connectivity index (χ4n) is 3.58. The van der Waals surface area contributed by atoms with E-state index >= 15 is 0 Å². The molecule has 0 saturated carbocycles. The maximum absolute atomic E-state index is 13.1. The molecule has 1 N–H and O–H groups in total. The van der Waals surface area contributed by atoms with Crippen LogP contribution in [0.5, 0.6) is 0 Å². The Morgan fingerprint density at radius 1 is 1.06 bits per heavy atom. The zero-order chi connectivity index (χ0) is 21.8. The summed E-state index contributed by atoms with van der Waals surface area (Å²) >= 11 is 1.31. The topological polar surface area (TPSA) is 92.3 Å². The third kappa shape index (κ3) is 5.00. The van der Waals surface area contributed by atoms with Gasteiger partial charge in [0.25, 0.3) is 5.91 Å². The molecule has 2 heterocycles. The van der Waals surface area contributed by atoms with Gasteiger partial charge in [0.15, 0.2) is 0 Å². The highest BCUT2D eigenvalue weighted by molar-refractivity contribution is 7.89. The SMILES string of the molecule is Cc1ccc(C(=O)Nc2nnc(Cc3ccccc3)s2)cc1S(=O)(=O)N1CCCCC1. The van der Waals surface area contributed by atoms with Crippen molar-refractivity contribution in [2.24, 2.45) is 0 Å². The Hall–Kier alpha value is -2.62. The van der Waals surface area contributed by atoms with Gasteiger partial charge in [0.05, 0.1) is 4.90 Å². The van der Waals surface area contributed by atoms with Crippen molar-refractivity contribution in [3.8, 4) is 0 Å². The van der Waals surface area contributed by atoms with E-state index in [-0.39, 0.29) is 10.5 Å². The molecule has 1 aliphatic rings. The molecule has 31 heavy (non-hydrogen) atoms. The number of benzene rings is 2. The lowest BCUT2D eigenvalue weighted by atomic mass is 10.1. The van der Waals surface area contributed by atoms with Crippen LogP contribution in [0.2, 0.25) is 0 Å². The van der Waals surface area contributed by atoms with Crippen LogP contribution in [0, 0.1) is 6.92 Å². The summed E-state index contributed by atoms with van der Waals surface area (Å²) in [5.74, 6) is -0.405. The molecule has 0 radical (unpaired) electrons. The summed E-state index contributed by atoms with van der Waals surface area (Å²) in [7, 11) is -3.62. The van der Waals surface area contributed by atoms with Gasteiger partial charge in [-0.15, -0.1) is 10.2 Å². The Balaban J connectivity index is 1.50. The van der Waals surface area contributed by atoms with Gasteiger partial charge < -0.3 is 0 Å². The van der Waals surface area contributed by atoms with Gasteiger partial charge in [-0.25, -0.2) is 8.42 Å². The molecule has 1 aromatic heterocycles. The van der Waals surface area contributed by atoms with Gasteiger partial charge in [-0.3, -0.25) is 10.1 Å². The average molecular weight is 457 g/mol. The summed E-state index contributed by atoms with van der Waals surface area (Å²) in [5.41, 5.74) is 2.02. The number of amides is 1. The van der Waals surface area contributed by atoms with Crippen molar-refractivity contribution in [1.82, 2.24) is 14.5 Å². The van der Waals surface area contributed by atoms with E-state index in [2.05, 4.69) is 15.5 Å². The van der Waals surface area contributed by atoms with Crippen LogP contribution in [0.4, 0.5) is 5.13 Å². The largest absolute Gasteiger partial charge is 0.296 e. The monoisotopic (exact) mass is 456 g/mol. The first kappa shape index (κ1) is 21.6. The Bertz CT molecular complexity index is 1170. The average Bonchev–Trinajstić information content (AvgIpc) is 3.21. The summed E-state index contributed by atoms with van der Waals surface area (Å²) < 4.78 is 27.7. The number of carbonyl (C=O) groups is 1. The van der Waals surface area contributed by atoms with E-state index in [1.165, 1.54) is 21.7 Å². The molecule has 4 rings (SSSR count). The van der Waals surface area contributed by atoms with Crippen LogP contribution in [-0.4, -0.2) is 41.9 Å². The maximum atomic E-state index is 13.1. The van der Waals surface area contributed by atoms with Gasteiger partial charge in [0, 0.05) is 25.1 Å². The molecule has 1 aliphatic heterocycles. The van der Waals surface area contributed by atoms with Crippen LogP contribution in [-0.2, 0) is 16.4 Å². The van der Waals surface area contributed by atoms with Crippen LogP contribution in [0.15, 0.2) is 53.4 Å². The van der Waals surface area contributed by atoms with Gasteiger partial charge in [-0.05, 0) is 43.0 Å². The van der Waals surface area contributed by atoms with Crippen LogP contribution in [0.3, 0.4) is 0 Å². The number of nitrogens with one attached hydrogen (secondary N) is 1. The first-order valence-electron chi connectivity index (χ1n) is 10.2. The van der Waals surface area contributed by atoms with E-state index in [4.69, 9.17) is 0 Å². The number of aromatic nitrogens is 2. The molecule has 9 heteroatoms. The van der Waals surface area contributed by atoms with Crippen molar-refractivity contribution in [2.75, 3.05) is 18.4 Å². The van der Waals surface area contributed by atoms with Crippen LogP contribution < -0.4 is 5.32 Å². The minimum absolute atomic E-state index is 0.184. The van der Waals surface area contributed by atoms with Crippen molar-refractivity contribution in [3.63, 3.8) is 0 Å². The Morgan fingerprint density at radius 3 is 2.55 bits per heavy atom. The second kappa shape index (κ2) is 9.25. The van der Waals surface area contributed by atoms with Crippen LogP contribution in [0.25, 0.3) is 0 Å². The quantitative estimate of drug-likeness (QED) is 0.608. The smallest absolute Gasteiger partial charge is 0.257 e. The molecule has 0 atom stereocenters. The zero-order valence-electron chi connectivity index (χ0n) is 17.2. The lowest BCUT2D eigenvalue weighted by Gasteiger charge is -2.26. The van der Waals surface area contributed by atoms with Gasteiger partial charge in [0.1, 0.15) is 5.01 Å². The Morgan fingerprint density at radius 2 is 1.81 bits per heavy atom. The third-order valence-electron chi connectivity index (χ3n) is 5.27. The van der Waals surface area contributed by atoms with E-state index in [0.717, 1.165) is 29.8 Å². The predicted octanol–water partition coefficient (Wildman–Crippen LogP) is 3.86. The highest BCUT2D eigenvalue weighted by atomic mass is 32.2. The molecule has 1 amide bonds. The van der Waals surface area contributed by atoms with Crippen molar-refractivity contribution >= 4 is 32.4 Å². The highest BCUT2D eigenvalue weighted by Gasteiger charge is 2.28. The summed E-state index contributed by atoms with van der Waals surface area (Å²) in [6.07, 6.45) is 3.40. The number of hydrogen-bond donors (Lipinski definition) is 1. The van der Waals surface area contributed by atoms with Gasteiger partial charge in [0.2, 0.25) is 15.2 Å². The van der Waals surface area contributed by atoms with Crippen molar-refractivity contribution < 1.29 is 13.2 Å². The third-order valence-corrected chi connectivity index (χ3v) is 8.15. The lowest BCUT2D eigenvalue weighted by Crippen LogP contribution is -2.36. The molecule has 0 aliphatic carbocycles. The molecule has 1 fully saturated rings. The van der Waals surface area contributed by atoms with Crippen molar-refractivity contribution in [2.45, 2.75) is 37.5 Å². The first-order chi connectivity index (χ1) is 14.9. The van der Waals surface area contributed by atoms with Crippen LogP contribution >= 0.6 is 11.3 Å². The molecule has 2 aromatic carbocycles. The highest BCUT2D eigenvalue weighted by Crippen LogP contribution is 2.25. The molecule has 0 spiro atoms. The number of hydrogen-bond acceptors (Lipinski definition) is 6. The number of sulfonamides is 1. The van der Waals surface area contributed by atoms with E-state index in [1.54, 1.807) is 19.1 Å². The lowest BCUT2D eigenvalue weighted by molar-refractivity contribution is 0.102. The molecule has 0 unspecified atom stereocenters. The second-order valence-corrected chi connectivity index (χ2v) is 10.5. The van der Waals surface area contributed by atoms with Crippen molar-refractivity contribution in [3.05, 3.63) is 70.2 Å². The number of anilines is 1. The number of piperidine rings is 1. The molecule has 0 bridgehead atoms. The van der Waals surface area contributed by atoms with Gasteiger partial charge >= 0.3 is 0 Å². The van der Waals surface area contributed by atoms with Crippen LogP contribution in [0.1, 0.15) is 45.8 Å². The van der Waals surface area contributed by atoms with E-state index in [9.17, 15) is 13.2 Å². The standard InChI is InChI=1S/C22H24N4O3S2/c1-16-10-11-18(15-19(16)31(28,29)26-12-6-3-7-13-26)21(27)23-22-25-24-20(30-22)14-17-8-4-2-5-9-17/h2,4-5,8-11,15H,3,6-7,12-14H2,1H3,(H,23,25,27). The minimum Gasteiger partial charge on any atom is -0.296 e. The fraction of sp³-hybridized carbons (Fsp3) is 0.318. The molecule has 3 aromatic rings. The number of rotatable bonds is 6. The normalized spacial score (nSPS) is 15.0. The number of aryl methyl sites for hydroxylation is 1. The van der Waals surface area contributed by atoms with Gasteiger partial charge in [-0.2, -0.15) is 4.31 Å². The van der Waals surface area contributed by atoms with Gasteiger partial charge in [-0.1, -0.05) is 54.2 Å². The zero-order valence-corrected chi connectivity index (χ0v) is 18.9. The summed E-state index contributed by atoms with van der Waals surface area (Å²) in [5, 5.41) is 12.1. The second-order valence-electron chi connectivity index (χ2n) is 7.56. The Labute approximate surface area is 186 Å².